The summed E-state index contributed by atoms with van der Waals surface area (Å²) in [5.74, 6) is 1.22. The number of rotatable bonds is 4. The van der Waals surface area contributed by atoms with E-state index in [4.69, 9.17) is 37.4 Å². The first-order valence-corrected chi connectivity index (χ1v) is 8.06. The van der Waals surface area contributed by atoms with Crippen LogP contribution in [0.1, 0.15) is 11.1 Å². The van der Waals surface area contributed by atoms with E-state index < -0.39 is 0 Å². The molecule has 2 aromatic carbocycles. The average molecular weight is 380 g/mol. The first kappa shape index (κ1) is 17.5. The van der Waals surface area contributed by atoms with Gasteiger partial charge in [-0.05, 0) is 35.9 Å². The SMILES string of the molecule is COc1cc(/C=C2\C(=O)Nc3c(Cl)cc(Cl)cc32)cc(OC)c1OC. The van der Waals surface area contributed by atoms with Crippen molar-refractivity contribution in [2.45, 2.75) is 0 Å². The minimum absolute atomic E-state index is 0.257. The van der Waals surface area contributed by atoms with Gasteiger partial charge >= 0.3 is 0 Å². The summed E-state index contributed by atoms with van der Waals surface area (Å²) >= 11 is 12.2. The molecule has 130 valence electrons. The zero-order chi connectivity index (χ0) is 18.1. The zero-order valence-electron chi connectivity index (χ0n) is 13.8. The maximum Gasteiger partial charge on any atom is 0.256 e. The second-order valence-electron chi connectivity index (χ2n) is 5.28. The monoisotopic (exact) mass is 379 g/mol. The van der Waals surface area contributed by atoms with Crippen LogP contribution in [-0.4, -0.2) is 27.2 Å². The van der Waals surface area contributed by atoms with Crippen molar-refractivity contribution in [3.05, 3.63) is 45.4 Å². The molecule has 2 aromatic rings. The minimum Gasteiger partial charge on any atom is -0.493 e. The fourth-order valence-electron chi connectivity index (χ4n) is 2.71. The Morgan fingerprint density at radius 2 is 1.60 bits per heavy atom. The molecule has 1 aliphatic heterocycles. The smallest absolute Gasteiger partial charge is 0.256 e. The molecule has 0 saturated carbocycles. The average Bonchev–Trinajstić information content (AvgIpc) is 2.90. The van der Waals surface area contributed by atoms with Crippen molar-refractivity contribution in [2.24, 2.45) is 0 Å². The van der Waals surface area contributed by atoms with Gasteiger partial charge in [0.15, 0.2) is 11.5 Å². The second-order valence-corrected chi connectivity index (χ2v) is 6.12. The molecule has 5 nitrogen and oxygen atoms in total. The highest BCUT2D eigenvalue weighted by atomic mass is 35.5. The van der Waals surface area contributed by atoms with Crippen LogP contribution >= 0.6 is 23.2 Å². The van der Waals surface area contributed by atoms with Crippen LogP contribution in [0.15, 0.2) is 24.3 Å². The summed E-state index contributed by atoms with van der Waals surface area (Å²) in [4.78, 5) is 12.4. The van der Waals surface area contributed by atoms with Gasteiger partial charge in [-0.15, -0.1) is 0 Å². The van der Waals surface area contributed by atoms with Crippen molar-refractivity contribution in [1.29, 1.82) is 0 Å². The fourth-order valence-corrected chi connectivity index (χ4v) is 3.25. The van der Waals surface area contributed by atoms with Gasteiger partial charge in [-0.2, -0.15) is 0 Å². The van der Waals surface area contributed by atoms with Crippen molar-refractivity contribution >= 4 is 46.4 Å². The van der Waals surface area contributed by atoms with E-state index in [1.165, 1.54) is 21.3 Å². The Morgan fingerprint density at radius 3 is 2.16 bits per heavy atom. The van der Waals surface area contributed by atoms with Gasteiger partial charge in [0.2, 0.25) is 5.75 Å². The number of amides is 1. The van der Waals surface area contributed by atoms with E-state index in [2.05, 4.69) is 5.32 Å². The van der Waals surface area contributed by atoms with Crippen LogP contribution in [0.25, 0.3) is 11.6 Å². The predicted octanol–water partition coefficient (Wildman–Crippen LogP) is 4.51. The Labute approximate surface area is 155 Å². The second kappa shape index (κ2) is 6.86. The van der Waals surface area contributed by atoms with Crippen LogP contribution in [0.3, 0.4) is 0 Å². The van der Waals surface area contributed by atoms with E-state index in [-0.39, 0.29) is 5.91 Å². The number of anilines is 1. The van der Waals surface area contributed by atoms with Gasteiger partial charge in [-0.1, -0.05) is 23.2 Å². The van der Waals surface area contributed by atoms with Crippen molar-refractivity contribution < 1.29 is 19.0 Å². The molecule has 1 aliphatic rings. The quantitative estimate of drug-likeness (QED) is 0.793. The van der Waals surface area contributed by atoms with Gasteiger partial charge in [-0.3, -0.25) is 4.79 Å². The molecule has 25 heavy (non-hydrogen) atoms. The van der Waals surface area contributed by atoms with Crippen molar-refractivity contribution in [2.75, 3.05) is 26.6 Å². The van der Waals surface area contributed by atoms with Crippen LogP contribution in [0.5, 0.6) is 17.2 Å². The number of nitrogens with one attached hydrogen (secondary N) is 1. The number of ether oxygens (including phenoxy) is 3. The van der Waals surface area contributed by atoms with Crippen molar-refractivity contribution in [1.82, 2.24) is 0 Å². The molecule has 1 N–H and O–H groups in total. The molecule has 3 rings (SSSR count). The number of halogens is 2. The summed E-state index contributed by atoms with van der Waals surface area (Å²) in [5.41, 5.74) is 2.36. The van der Waals surface area contributed by atoms with Gasteiger partial charge in [0.25, 0.3) is 5.91 Å². The molecule has 0 atom stereocenters. The maximum atomic E-state index is 12.4. The number of hydrogen-bond donors (Lipinski definition) is 1. The highest BCUT2D eigenvalue weighted by molar-refractivity contribution is 6.43. The standard InChI is InChI=1S/C18H15Cl2NO4/c1-23-14-5-9(6-15(24-2)17(14)25-3)4-12-11-7-10(19)8-13(20)16(11)21-18(12)22/h4-8H,1-3H3,(H,21,22)/b12-4-. The fraction of sp³-hybridized carbons (Fsp3) is 0.167. The molecule has 0 fully saturated rings. The normalized spacial score (nSPS) is 14.3. The van der Waals surface area contributed by atoms with Crippen molar-refractivity contribution in [3.63, 3.8) is 0 Å². The third-order valence-electron chi connectivity index (χ3n) is 3.83. The predicted molar refractivity (Wildman–Crippen MR) is 99.1 cm³/mol. The number of carbonyl (C=O) groups excluding carboxylic acids is 1. The molecule has 7 heteroatoms. The number of fused-ring (bicyclic) bond motifs is 1. The molecular formula is C18H15Cl2NO4. The highest BCUT2D eigenvalue weighted by Crippen LogP contribution is 2.42. The largest absolute Gasteiger partial charge is 0.493 e. The van der Waals surface area contributed by atoms with Crippen LogP contribution in [0.2, 0.25) is 10.0 Å². The van der Waals surface area contributed by atoms with Gasteiger partial charge in [0, 0.05) is 16.2 Å². The van der Waals surface area contributed by atoms with E-state index in [0.29, 0.717) is 49.7 Å². The van der Waals surface area contributed by atoms with Crippen LogP contribution in [-0.2, 0) is 4.79 Å². The lowest BCUT2D eigenvalue weighted by Gasteiger charge is -2.13. The topological polar surface area (TPSA) is 56.8 Å². The molecule has 1 amide bonds. The summed E-state index contributed by atoms with van der Waals surface area (Å²) in [6.45, 7) is 0. The van der Waals surface area contributed by atoms with Gasteiger partial charge in [-0.25, -0.2) is 0 Å². The lowest BCUT2D eigenvalue weighted by molar-refractivity contribution is -0.110. The molecule has 1 heterocycles. The molecule has 0 saturated heterocycles. The third-order valence-corrected chi connectivity index (χ3v) is 4.34. The summed E-state index contributed by atoms with van der Waals surface area (Å²) in [6.07, 6.45) is 1.72. The molecule has 0 spiro atoms. The van der Waals surface area contributed by atoms with Crippen LogP contribution < -0.4 is 19.5 Å². The lowest BCUT2D eigenvalue weighted by atomic mass is 10.0. The summed E-state index contributed by atoms with van der Waals surface area (Å²) in [5, 5.41) is 3.61. The van der Waals surface area contributed by atoms with E-state index >= 15 is 0 Å². The first-order valence-electron chi connectivity index (χ1n) is 7.31. The molecule has 0 radical (unpaired) electrons. The molecule has 0 aromatic heterocycles. The molecular weight excluding hydrogens is 365 g/mol. The summed E-state index contributed by atoms with van der Waals surface area (Å²) in [7, 11) is 4.60. The van der Waals surface area contributed by atoms with Gasteiger partial charge in [0.05, 0.1) is 32.0 Å². The van der Waals surface area contributed by atoms with E-state index in [1.54, 1.807) is 30.3 Å². The summed E-state index contributed by atoms with van der Waals surface area (Å²) < 4.78 is 16.0. The highest BCUT2D eigenvalue weighted by Gasteiger charge is 2.27. The Kier molecular flexibility index (Phi) is 4.79. The Balaban J connectivity index is 2.15. The van der Waals surface area contributed by atoms with Gasteiger partial charge < -0.3 is 19.5 Å². The number of carbonyl (C=O) groups is 1. The first-order chi connectivity index (χ1) is 12.0. The van der Waals surface area contributed by atoms with Crippen molar-refractivity contribution in [3.8, 4) is 17.2 Å². The zero-order valence-corrected chi connectivity index (χ0v) is 15.3. The van der Waals surface area contributed by atoms with Gasteiger partial charge in [0.1, 0.15) is 0 Å². The molecule has 0 aliphatic carbocycles. The van der Waals surface area contributed by atoms with E-state index in [1.807, 2.05) is 0 Å². The van der Waals surface area contributed by atoms with E-state index in [0.717, 1.165) is 0 Å². The lowest BCUT2D eigenvalue weighted by Crippen LogP contribution is -2.04. The Hall–Kier alpha value is -2.37. The minimum atomic E-state index is -0.257. The third kappa shape index (κ3) is 3.13. The Morgan fingerprint density at radius 1 is 0.960 bits per heavy atom. The molecule has 0 bridgehead atoms. The number of benzene rings is 2. The summed E-state index contributed by atoms with van der Waals surface area (Å²) in [6, 6.07) is 6.80. The van der Waals surface area contributed by atoms with Crippen LogP contribution in [0, 0.1) is 0 Å². The maximum absolute atomic E-state index is 12.4. The number of hydrogen-bond acceptors (Lipinski definition) is 4. The van der Waals surface area contributed by atoms with E-state index in [9.17, 15) is 4.79 Å². The van der Waals surface area contributed by atoms with Crippen LogP contribution in [0.4, 0.5) is 5.69 Å². The molecule has 0 unspecified atom stereocenters. The Bertz CT molecular complexity index is 868. The number of methoxy groups -OCH3 is 3.